The summed E-state index contributed by atoms with van der Waals surface area (Å²) in [6.45, 7) is 8.10. The fraction of sp³-hybridized carbons (Fsp3) is 0.500. The van der Waals surface area contributed by atoms with Crippen LogP contribution in [-0.4, -0.2) is 27.3 Å². The maximum absolute atomic E-state index is 12.5. The first-order chi connectivity index (χ1) is 12.3. The fourth-order valence-electron chi connectivity index (χ4n) is 2.96. The van der Waals surface area contributed by atoms with Crippen molar-refractivity contribution >= 4 is 22.4 Å². The van der Waals surface area contributed by atoms with Gasteiger partial charge in [0.15, 0.2) is 0 Å². The van der Waals surface area contributed by atoms with Gasteiger partial charge in [0.05, 0.1) is 6.04 Å². The Morgan fingerprint density at radius 1 is 1.35 bits per heavy atom. The van der Waals surface area contributed by atoms with Crippen LogP contribution in [0.2, 0.25) is 0 Å². The van der Waals surface area contributed by atoms with Crippen LogP contribution in [0.5, 0.6) is 5.75 Å². The Hall–Kier alpha value is -2.03. The molecule has 0 aliphatic carbocycles. The second-order valence-electron chi connectivity index (χ2n) is 7.16. The average Bonchev–Trinajstić information content (AvgIpc) is 3.22. The fourth-order valence-corrected chi connectivity index (χ4v) is 3.92. The van der Waals surface area contributed by atoms with E-state index in [0.717, 1.165) is 28.1 Å². The van der Waals surface area contributed by atoms with Crippen LogP contribution in [0, 0.1) is 19.8 Å². The van der Waals surface area contributed by atoms with E-state index in [2.05, 4.69) is 40.2 Å². The van der Waals surface area contributed by atoms with Crippen molar-refractivity contribution in [3.8, 4) is 5.75 Å². The Morgan fingerprint density at radius 2 is 2.12 bits per heavy atom. The van der Waals surface area contributed by atoms with Gasteiger partial charge in [0.25, 0.3) is 0 Å². The molecule has 0 spiro atoms. The van der Waals surface area contributed by atoms with Gasteiger partial charge in [-0.15, -0.1) is 10.2 Å². The zero-order valence-corrected chi connectivity index (χ0v) is 16.3. The number of aromatic nitrogens is 2. The van der Waals surface area contributed by atoms with Crippen LogP contribution in [0.25, 0.3) is 0 Å². The first-order valence-corrected chi connectivity index (χ1v) is 9.60. The molecule has 1 aliphatic rings. The molecule has 1 aromatic carbocycles. The molecule has 7 nitrogen and oxygen atoms in total. The smallest absolute Gasteiger partial charge is 0.244 e. The van der Waals surface area contributed by atoms with Crippen molar-refractivity contribution in [1.82, 2.24) is 21.0 Å². The molecular weight excluding hydrogens is 350 g/mol. The number of hydrazine groups is 1. The quantitative estimate of drug-likeness (QED) is 0.641. The van der Waals surface area contributed by atoms with E-state index in [1.807, 2.05) is 26.0 Å². The van der Waals surface area contributed by atoms with Gasteiger partial charge in [-0.25, -0.2) is 10.9 Å². The van der Waals surface area contributed by atoms with E-state index in [4.69, 9.17) is 0 Å². The number of hydrogen-bond donors (Lipinski definition) is 4. The molecule has 0 radical (unpaired) electrons. The van der Waals surface area contributed by atoms with Crippen LogP contribution >= 0.6 is 11.3 Å². The van der Waals surface area contributed by atoms with Crippen molar-refractivity contribution < 1.29 is 9.90 Å². The number of nitrogens with zero attached hydrogens (tertiary/aromatic N) is 2. The second kappa shape index (κ2) is 7.69. The van der Waals surface area contributed by atoms with Gasteiger partial charge in [0.2, 0.25) is 11.0 Å². The lowest BCUT2D eigenvalue weighted by atomic mass is 9.96. The average molecular weight is 375 g/mol. The lowest BCUT2D eigenvalue weighted by Crippen LogP contribution is -2.39. The van der Waals surface area contributed by atoms with Crippen LogP contribution < -0.4 is 16.2 Å². The summed E-state index contributed by atoms with van der Waals surface area (Å²) in [5.41, 5.74) is 8.82. The highest BCUT2D eigenvalue weighted by atomic mass is 32.1. The molecule has 2 atom stereocenters. The summed E-state index contributed by atoms with van der Waals surface area (Å²) in [6.07, 6.45) is 1.39. The normalized spacial score (nSPS) is 19.9. The van der Waals surface area contributed by atoms with E-state index in [-0.39, 0.29) is 17.7 Å². The van der Waals surface area contributed by atoms with Crippen LogP contribution in [0.4, 0.5) is 5.13 Å². The Labute approximate surface area is 157 Å². The molecule has 26 heavy (non-hydrogen) atoms. The van der Waals surface area contributed by atoms with E-state index in [1.165, 1.54) is 11.3 Å². The predicted octanol–water partition coefficient (Wildman–Crippen LogP) is 2.61. The minimum atomic E-state index is -0.404. The number of rotatable bonds is 5. The number of phenolic OH excluding ortho intramolecular Hbond substituents is 1. The Kier molecular flexibility index (Phi) is 5.55. The number of nitrogens with one attached hydrogen (secondary N) is 3. The van der Waals surface area contributed by atoms with Gasteiger partial charge in [-0.1, -0.05) is 37.3 Å². The van der Waals surface area contributed by atoms with E-state index in [0.29, 0.717) is 17.5 Å². The van der Waals surface area contributed by atoms with Crippen LogP contribution in [0.15, 0.2) is 12.1 Å². The number of anilines is 1. The summed E-state index contributed by atoms with van der Waals surface area (Å²) >= 11 is 1.41. The maximum Gasteiger partial charge on any atom is 0.244 e. The van der Waals surface area contributed by atoms with Gasteiger partial charge in [-0.3, -0.25) is 10.1 Å². The highest BCUT2D eigenvalue weighted by molar-refractivity contribution is 7.15. The number of carbonyl (C=O) groups excluding carboxylic acids is 1. The number of hydrogen-bond acceptors (Lipinski definition) is 7. The third-order valence-corrected chi connectivity index (χ3v) is 5.47. The molecule has 1 amide bonds. The minimum absolute atomic E-state index is 0.129. The SMILES string of the molecule is Cc1ccc(C2CC(C(=O)Nc3nnc(CC(C)C)s3)NN2)c(O)c1C. The molecular formula is C18H25N5O2S. The van der Waals surface area contributed by atoms with E-state index >= 15 is 0 Å². The van der Waals surface area contributed by atoms with Gasteiger partial charge in [-0.2, -0.15) is 0 Å². The van der Waals surface area contributed by atoms with Gasteiger partial charge < -0.3 is 5.11 Å². The maximum atomic E-state index is 12.5. The lowest BCUT2D eigenvalue weighted by Gasteiger charge is -2.14. The van der Waals surface area contributed by atoms with Crippen molar-refractivity contribution in [3.63, 3.8) is 0 Å². The monoisotopic (exact) mass is 375 g/mol. The minimum Gasteiger partial charge on any atom is -0.507 e. The summed E-state index contributed by atoms with van der Waals surface area (Å²) in [7, 11) is 0. The topological polar surface area (TPSA) is 99.2 Å². The first-order valence-electron chi connectivity index (χ1n) is 8.78. The third kappa shape index (κ3) is 4.03. The molecule has 0 saturated carbocycles. The Morgan fingerprint density at radius 3 is 2.85 bits per heavy atom. The molecule has 1 aromatic heterocycles. The van der Waals surface area contributed by atoms with Crippen molar-refractivity contribution in [1.29, 1.82) is 0 Å². The summed E-state index contributed by atoms with van der Waals surface area (Å²) in [6, 6.07) is 3.35. The Balaban J connectivity index is 1.62. The molecule has 4 N–H and O–H groups in total. The van der Waals surface area contributed by atoms with E-state index < -0.39 is 6.04 Å². The zero-order chi connectivity index (χ0) is 18.8. The molecule has 1 aliphatic heterocycles. The molecule has 0 bridgehead atoms. The van der Waals surface area contributed by atoms with Crippen molar-refractivity contribution in [2.75, 3.05) is 5.32 Å². The van der Waals surface area contributed by atoms with Crippen molar-refractivity contribution in [3.05, 3.63) is 33.8 Å². The summed E-state index contributed by atoms with van der Waals surface area (Å²) in [5, 5.41) is 22.8. The molecule has 2 heterocycles. The molecule has 140 valence electrons. The standard InChI is InChI=1S/C18H25N5O2S/c1-9(2)7-15-22-23-18(26-15)19-17(25)14-8-13(20-21-14)12-6-5-10(3)11(4)16(12)24/h5-6,9,13-14,20-21,24H,7-8H2,1-4H3,(H,19,23,25). The summed E-state index contributed by atoms with van der Waals surface area (Å²) in [4.78, 5) is 12.5. The molecule has 2 aromatic rings. The molecule has 1 fully saturated rings. The van der Waals surface area contributed by atoms with Crippen molar-refractivity contribution in [2.45, 2.75) is 52.6 Å². The molecule has 3 rings (SSSR count). The number of amides is 1. The van der Waals surface area contributed by atoms with Crippen LogP contribution in [0.3, 0.4) is 0 Å². The van der Waals surface area contributed by atoms with E-state index in [9.17, 15) is 9.90 Å². The number of benzene rings is 1. The number of aryl methyl sites for hydroxylation is 1. The summed E-state index contributed by atoms with van der Waals surface area (Å²) in [5.74, 6) is 0.627. The number of carbonyl (C=O) groups is 1. The summed E-state index contributed by atoms with van der Waals surface area (Å²) < 4.78 is 0. The van der Waals surface area contributed by atoms with Crippen LogP contribution in [-0.2, 0) is 11.2 Å². The highest BCUT2D eigenvalue weighted by Crippen LogP contribution is 2.33. The largest absolute Gasteiger partial charge is 0.507 e. The third-order valence-electron chi connectivity index (χ3n) is 4.61. The second-order valence-corrected chi connectivity index (χ2v) is 8.23. The van der Waals surface area contributed by atoms with Gasteiger partial charge >= 0.3 is 0 Å². The highest BCUT2D eigenvalue weighted by Gasteiger charge is 2.32. The molecule has 2 unspecified atom stereocenters. The molecule has 1 saturated heterocycles. The van der Waals surface area contributed by atoms with Gasteiger partial charge in [0, 0.05) is 12.0 Å². The van der Waals surface area contributed by atoms with Crippen molar-refractivity contribution in [2.24, 2.45) is 5.92 Å². The zero-order valence-electron chi connectivity index (χ0n) is 15.5. The Bertz CT molecular complexity index is 805. The van der Waals surface area contributed by atoms with Gasteiger partial charge in [0.1, 0.15) is 16.8 Å². The lowest BCUT2D eigenvalue weighted by molar-refractivity contribution is -0.117. The number of phenols is 1. The molecule has 8 heteroatoms. The number of aromatic hydroxyl groups is 1. The van der Waals surface area contributed by atoms with E-state index in [1.54, 1.807) is 0 Å². The van der Waals surface area contributed by atoms with Crippen LogP contribution in [0.1, 0.15) is 48.0 Å². The predicted molar refractivity (Wildman–Crippen MR) is 102 cm³/mol. The van der Waals surface area contributed by atoms with Gasteiger partial charge in [-0.05, 0) is 37.3 Å². The first kappa shape index (κ1) is 18.8.